The van der Waals surface area contributed by atoms with Gasteiger partial charge in [0.25, 0.3) is 5.56 Å². The SMILES string of the molecule is O=c1[nH]c(=S)[nH]c2c1CCN(Cc1c[nH]c3ccc(OCc4ccccc4)cc13)C2. The molecule has 0 bridgehead atoms. The molecule has 0 saturated carbocycles. The molecule has 6 nitrogen and oxygen atoms in total. The lowest BCUT2D eigenvalue weighted by molar-refractivity contribution is 0.241. The van der Waals surface area contributed by atoms with E-state index in [1.807, 2.05) is 24.3 Å². The fraction of sp³-hybridized carbons (Fsp3) is 0.217. The highest BCUT2D eigenvalue weighted by Gasteiger charge is 2.20. The van der Waals surface area contributed by atoms with Crippen molar-refractivity contribution < 1.29 is 4.74 Å². The second-order valence-corrected chi connectivity index (χ2v) is 8.03. The summed E-state index contributed by atoms with van der Waals surface area (Å²) in [6.07, 6.45) is 2.77. The first-order valence-electron chi connectivity index (χ1n) is 9.99. The highest BCUT2D eigenvalue weighted by Crippen LogP contribution is 2.26. The van der Waals surface area contributed by atoms with Crippen molar-refractivity contribution in [3.63, 3.8) is 0 Å². The minimum atomic E-state index is -0.0688. The molecule has 7 heteroatoms. The number of nitrogens with one attached hydrogen (secondary N) is 3. The summed E-state index contributed by atoms with van der Waals surface area (Å²) >= 11 is 5.13. The van der Waals surface area contributed by atoms with Gasteiger partial charge in [-0.25, -0.2) is 0 Å². The van der Waals surface area contributed by atoms with Gasteiger partial charge in [-0.1, -0.05) is 30.3 Å². The van der Waals surface area contributed by atoms with Gasteiger partial charge in [0.05, 0.1) is 0 Å². The highest BCUT2D eigenvalue weighted by atomic mass is 32.1. The van der Waals surface area contributed by atoms with Crippen LogP contribution in [-0.4, -0.2) is 26.4 Å². The molecule has 3 heterocycles. The Balaban J connectivity index is 1.34. The van der Waals surface area contributed by atoms with E-state index in [2.05, 4.69) is 50.3 Å². The summed E-state index contributed by atoms with van der Waals surface area (Å²) in [5, 5.41) is 1.16. The predicted molar refractivity (Wildman–Crippen MR) is 119 cm³/mol. The first-order valence-corrected chi connectivity index (χ1v) is 10.4. The molecule has 1 aliphatic rings. The maximum Gasteiger partial charge on any atom is 0.255 e. The van der Waals surface area contributed by atoms with Crippen LogP contribution in [0.25, 0.3) is 10.9 Å². The monoisotopic (exact) mass is 418 g/mol. The molecule has 0 spiro atoms. The number of H-pyrrole nitrogens is 3. The molecule has 0 aliphatic carbocycles. The largest absolute Gasteiger partial charge is 0.489 e. The van der Waals surface area contributed by atoms with Gasteiger partial charge in [0.1, 0.15) is 12.4 Å². The number of rotatable bonds is 5. The summed E-state index contributed by atoms with van der Waals surface area (Å²) in [5.41, 5.74) is 5.11. The second kappa shape index (κ2) is 7.93. The van der Waals surface area contributed by atoms with Crippen LogP contribution in [0.2, 0.25) is 0 Å². The van der Waals surface area contributed by atoms with Gasteiger partial charge in [0.15, 0.2) is 4.77 Å². The standard InChI is InChI=1S/C23H22N4O2S/c28-22-18-8-9-27(13-21(18)25-23(30)26-22)12-16-11-24-20-7-6-17(10-19(16)20)29-14-15-4-2-1-3-5-15/h1-7,10-11,24H,8-9,12-14H2,(H2,25,26,28,30). The maximum absolute atomic E-state index is 12.1. The third-order valence-electron chi connectivity index (χ3n) is 5.57. The summed E-state index contributed by atoms with van der Waals surface area (Å²) < 4.78 is 6.39. The van der Waals surface area contributed by atoms with Crippen molar-refractivity contribution in [1.29, 1.82) is 0 Å². The fourth-order valence-electron chi connectivity index (χ4n) is 4.03. The predicted octanol–water partition coefficient (Wildman–Crippen LogP) is 4.05. The average molecular weight is 419 g/mol. The Kier molecular flexibility index (Phi) is 4.98. The summed E-state index contributed by atoms with van der Waals surface area (Å²) in [4.78, 5) is 23.6. The molecule has 4 aromatic rings. The van der Waals surface area contributed by atoms with Crippen LogP contribution in [0, 0.1) is 4.77 Å². The summed E-state index contributed by atoms with van der Waals surface area (Å²) in [6.45, 7) is 2.84. The zero-order chi connectivity index (χ0) is 20.5. The van der Waals surface area contributed by atoms with Gasteiger partial charge >= 0.3 is 0 Å². The van der Waals surface area contributed by atoms with Crippen molar-refractivity contribution in [2.45, 2.75) is 26.1 Å². The highest BCUT2D eigenvalue weighted by molar-refractivity contribution is 7.71. The Morgan fingerprint density at radius 2 is 1.97 bits per heavy atom. The summed E-state index contributed by atoms with van der Waals surface area (Å²) in [6, 6.07) is 16.3. The Morgan fingerprint density at radius 1 is 1.10 bits per heavy atom. The molecule has 0 saturated heterocycles. The fourth-order valence-corrected chi connectivity index (χ4v) is 4.24. The molecule has 0 fully saturated rings. The molecule has 2 aromatic heterocycles. The molecule has 0 radical (unpaired) electrons. The lowest BCUT2D eigenvalue weighted by Crippen LogP contribution is -2.34. The van der Waals surface area contributed by atoms with E-state index in [4.69, 9.17) is 17.0 Å². The molecule has 0 unspecified atom stereocenters. The van der Waals surface area contributed by atoms with E-state index in [1.165, 1.54) is 5.56 Å². The van der Waals surface area contributed by atoms with E-state index in [-0.39, 0.29) is 5.56 Å². The average Bonchev–Trinajstić information content (AvgIpc) is 3.14. The number of hydrogen-bond acceptors (Lipinski definition) is 4. The minimum Gasteiger partial charge on any atom is -0.489 e. The van der Waals surface area contributed by atoms with Crippen LogP contribution < -0.4 is 10.3 Å². The normalized spacial score (nSPS) is 14.0. The van der Waals surface area contributed by atoms with Crippen molar-refractivity contribution in [3.05, 3.63) is 92.2 Å². The maximum atomic E-state index is 12.1. The number of fused-ring (bicyclic) bond motifs is 2. The molecule has 0 atom stereocenters. The van der Waals surface area contributed by atoms with E-state index in [1.54, 1.807) is 0 Å². The van der Waals surface area contributed by atoms with E-state index in [0.29, 0.717) is 24.3 Å². The quantitative estimate of drug-likeness (QED) is 0.427. The van der Waals surface area contributed by atoms with Crippen LogP contribution in [0.5, 0.6) is 5.75 Å². The zero-order valence-corrected chi connectivity index (χ0v) is 17.2. The molecule has 152 valence electrons. The molecule has 3 N–H and O–H groups in total. The lowest BCUT2D eigenvalue weighted by atomic mass is 10.1. The Morgan fingerprint density at radius 3 is 2.83 bits per heavy atom. The smallest absolute Gasteiger partial charge is 0.255 e. The zero-order valence-electron chi connectivity index (χ0n) is 16.4. The van der Waals surface area contributed by atoms with Gasteiger partial charge in [-0.05, 0) is 48.0 Å². The van der Waals surface area contributed by atoms with Gasteiger partial charge in [0, 0.05) is 48.0 Å². The molecule has 30 heavy (non-hydrogen) atoms. The molecular weight excluding hydrogens is 396 g/mol. The Hall–Kier alpha value is -3.16. The van der Waals surface area contributed by atoms with E-state index >= 15 is 0 Å². The second-order valence-electron chi connectivity index (χ2n) is 7.62. The van der Waals surface area contributed by atoms with Crippen LogP contribution in [-0.2, 0) is 26.1 Å². The number of ether oxygens (including phenoxy) is 1. The van der Waals surface area contributed by atoms with Crippen LogP contribution in [0.1, 0.15) is 22.4 Å². The number of hydrogen-bond donors (Lipinski definition) is 3. The van der Waals surface area contributed by atoms with Crippen LogP contribution in [0.15, 0.2) is 59.5 Å². The lowest BCUT2D eigenvalue weighted by Gasteiger charge is -2.27. The van der Waals surface area contributed by atoms with Crippen LogP contribution in [0.3, 0.4) is 0 Å². The summed E-state index contributed by atoms with van der Waals surface area (Å²) in [5.74, 6) is 0.854. The van der Waals surface area contributed by atoms with Crippen molar-refractivity contribution in [3.8, 4) is 5.75 Å². The van der Waals surface area contributed by atoms with Crippen molar-refractivity contribution in [2.75, 3.05) is 6.54 Å². The van der Waals surface area contributed by atoms with Crippen molar-refractivity contribution in [2.24, 2.45) is 0 Å². The molecule has 1 aliphatic heterocycles. The van der Waals surface area contributed by atoms with Crippen molar-refractivity contribution >= 4 is 23.1 Å². The molecule has 2 aromatic carbocycles. The van der Waals surface area contributed by atoms with Gasteiger partial charge in [-0.3, -0.25) is 14.7 Å². The van der Waals surface area contributed by atoms with Gasteiger partial charge in [-0.15, -0.1) is 0 Å². The van der Waals surface area contributed by atoms with E-state index < -0.39 is 0 Å². The Bertz CT molecular complexity index is 1310. The molecule has 0 amide bonds. The number of benzene rings is 2. The summed E-state index contributed by atoms with van der Waals surface area (Å²) in [7, 11) is 0. The molecule has 5 rings (SSSR count). The third kappa shape index (κ3) is 3.81. The van der Waals surface area contributed by atoms with Gasteiger partial charge in [-0.2, -0.15) is 0 Å². The van der Waals surface area contributed by atoms with Gasteiger partial charge in [0.2, 0.25) is 0 Å². The van der Waals surface area contributed by atoms with E-state index in [0.717, 1.165) is 46.6 Å². The minimum absolute atomic E-state index is 0.0688. The molecular formula is C23H22N4O2S. The number of aromatic amines is 3. The number of nitrogens with zero attached hydrogens (tertiary/aromatic N) is 1. The van der Waals surface area contributed by atoms with Crippen LogP contribution in [0.4, 0.5) is 0 Å². The van der Waals surface area contributed by atoms with Gasteiger partial charge < -0.3 is 14.7 Å². The van der Waals surface area contributed by atoms with Crippen LogP contribution >= 0.6 is 12.2 Å². The topological polar surface area (TPSA) is 76.9 Å². The van der Waals surface area contributed by atoms with Crippen molar-refractivity contribution in [1.82, 2.24) is 19.9 Å². The third-order valence-corrected chi connectivity index (χ3v) is 5.77. The first kappa shape index (κ1) is 18.8. The Labute approximate surface area is 178 Å². The first-order chi connectivity index (χ1) is 14.7. The van der Waals surface area contributed by atoms with E-state index in [9.17, 15) is 4.79 Å². The number of aromatic nitrogens is 3.